The van der Waals surface area contributed by atoms with Crippen molar-refractivity contribution in [3.63, 3.8) is 0 Å². The van der Waals surface area contributed by atoms with Gasteiger partial charge in [0.25, 0.3) is 0 Å². The number of halogens is 3. The van der Waals surface area contributed by atoms with E-state index < -0.39 is 17.5 Å². The first kappa shape index (κ1) is 14.8. The van der Waals surface area contributed by atoms with E-state index in [9.17, 15) is 13.6 Å². The van der Waals surface area contributed by atoms with Gasteiger partial charge in [0.1, 0.15) is 11.6 Å². The first-order valence-electron chi connectivity index (χ1n) is 4.49. The smallest absolute Gasteiger partial charge is 0.225 e. The van der Waals surface area contributed by atoms with E-state index in [1.54, 1.807) is 6.92 Å². The zero-order chi connectivity index (χ0) is 11.4. The van der Waals surface area contributed by atoms with Crippen molar-refractivity contribution in [2.24, 2.45) is 5.73 Å². The van der Waals surface area contributed by atoms with Gasteiger partial charge in [0.15, 0.2) is 0 Å². The molecule has 90 valence electrons. The van der Waals surface area contributed by atoms with Crippen molar-refractivity contribution in [1.82, 2.24) is 0 Å². The SMILES string of the molecule is CC(N)CC(=O)Nc1ccc(F)cc1F.Cl. The van der Waals surface area contributed by atoms with Crippen LogP contribution in [0, 0.1) is 11.6 Å². The molecule has 1 rings (SSSR count). The van der Waals surface area contributed by atoms with E-state index in [1.165, 1.54) is 6.07 Å². The number of nitrogens with two attached hydrogens (primary N) is 1. The number of nitrogens with one attached hydrogen (secondary N) is 1. The molecule has 0 aliphatic carbocycles. The molecule has 0 aliphatic heterocycles. The lowest BCUT2D eigenvalue weighted by atomic mass is 10.2. The van der Waals surface area contributed by atoms with Crippen LogP contribution in [0.4, 0.5) is 14.5 Å². The highest BCUT2D eigenvalue weighted by Crippen LogP contribution is 2.15. The minimum absolute atomic E-state index is 0. The molecule has 0 heterocycles. The molecule has 0 saturated heterocycles. The number of benzene rings is 1. The summed E-state index contributed by atoms with van der Waals surface area (Å²) in [6, 6.07) is 2.66. The van der Waals surface area contributed by atoms with Gasteiger partial charge in [0.05, 0.1) is 5.69 Å². The molecule has 1 atom stereocenters. The second kappa shape index (κ2) is 6.40. The van der Waals surface area contributed by atoms with Gasteiger partial charge in [-0.15, -0.1) is 12.4 Å². The second-order valence-electron chi connectivity index (χ2n) is 3.35. The number of hydrogen-bond donors (Lipinski definition) is 2. The van der Waals surface area contributed by atoms with Crippen LogP contribution in [0.25, 0.3) is 0 Å². The van der Waals surface area contributed by atoms with E-state index in [1.807, 2.05) is 0 Å². The van der Waals surface area contributed by atoms with Crippen LogP contribution in [0.5, 0.6) is 0 Å². The standard InChI is InChI=1S/C10H12F2N2O.ClH/c1-6(13)4-10(15)14-9-3-2-7(11)5-8(9)12;/h2-3,5-6H,4,13H2,1H3,(H,14,15);1H. The molecule has 0 bridgehead atoms. The largest absolute Gasteiger partial charge is 0.327 e. The lowest BCUT2D eigenvalue weighted by molar-refractivity contribution is -0.116. The predicted molar refractivity (Wildman–Crippen MR) is 60.5 cm³/mol. The van der Waals surface area contributed by atoms with Crippen LogP contribution in [0.15, 0.2) is 18.2 Å². The third-order valence-corrected chi connectivity index (χ3v) is 1.71. The molecule has 1 aromatic carbocycles. The molecule has 0 radical (unpaired) electrons. The lowest BCUT2D eigenvalue weighted by Crippen LogP contribution is -2.24. The second-order valence-corrected chi connectivity index (χ2v) is 3.35. The van der Waals surface area contributed by atoms with E-state index >= 15 is 0 Å². The summed E-state index contributed by atoms with van der Waals surface area (Å²) in [7, 11) is 0. The molecule has 16 heavy (non-hydrogen) atoms. The van der Waals surface area contributed by atoms with Crippen LogP contribution in [0.2, 0.25) is 0 Å². The van der Waals surface area contributed by atoms with E-state index in [4.69, 9.17) is 5.73 Å². The Morgan fingerprint density at radius 2 is 2.12 bits per heavy atom. The Labute approximate surface area is 98.4 Å². The van der Waals surface area contributed by atoms with Gasteiger partial charge in [-0.1, -0.05) is 0 Å². The van der Waals surface area contributed by atoms with Crippen molar-refractivity contribution in [3.05, 3.63) is 29.8 Å². The van der Waals surface area contributed by atoms with E-state index in [0.29, 0.717) is 6.07 Å². The topological polar surface area (TPSA) is 55.1 Å². The Kier molecular flexibility index (Phi) is 5.92. The molecular formula is C10H13ClF2N2O. The summed E-state index contributed by atoms with van der Waals surface area (Å²) >= 11 is 0. The molecule has 0 saturated carbocycles. The number of hydrogen-bond acceptors (Lipinski definition) is 2. The normalized spacial score (nSPS) is 11.5. The fraction of sp³-hybridized carbons (Fsp3) is 0.300. The van der Waals surface area contributed by atoms with Gasteiger partial charge < -0.3 is 11.1 Å². The zero-order valence-electron chi connectivity index (χ0n) is 8.67. The highest BCUT2D eigenvalue weighted by atomic mass is 35.5. The molecule has 3 N–H and O–H groups in total. The average Bonchev–Trinajstić information content (AvgIpc) is 2.08. The molecule has 0 spiro atoms. The van der Waals surface area contributed by atoms with Crippen LogP contribution >= 0.6 is 12.4 Å². The summed E-state index contributed by atoms with van der Waals surface area (Å²) in [5, 5.41) is 2.31. The maximum absolute atomic E-state index is 13.1. The number of rotatable bonds is 3. The molecule has 3 nitrogen and oxygen atoms in total. The number of carbonyl (C=O) groups is 1. The summed E-state index contributed by atoms with van der Waals surface area (Å²) in [6.45, 7) is 1.67. The lowest BCUT2D eigenvalue weighted by Gasteiger charge is -2.07. The van der Waals surface area contributed by atoms with Crippen LogP contribution in [-0.2, 0) is 4.79 Å². The Balaban J connectivity index is 0.00000225. The molecule has 0 fully saturated rings. The maximum atomic E-state index is 13.1. The number of amides is 1. The maximum Gasteiger partial charge on any atom is 0.225 e. The minimum atomic E-state index is -0.798. The molecule has 0 aromatic heterocycles. The van der Waals surface area contributed by atoms with Crippen LogP contribution < -0.4 is 11.1 Å². The Morgan fingerprint density at radius 1 is 1.50 bits per heavy atom. The van der Waals surface area contributed by atoms with Gasteiger partial charge in [-0.3, -0.25) is 4.79 Å². The molecule has 1 unspecified atom stereocenters. The first-order valence-corrected chi connectivity index (χ1v) is 4.49. The monoisotopic (exact) mass is 250 g/mol. The van der Waals surface area contributed by atoms with Crippen molar-refractivity contribution < 1.29 is 13.6 Å². The highest BCUT2D eigenvalue weighted by Gasteiger charge is 2.09. The van der Waals surface area contributed by atoms with Crippen molar-refractivity contribution in [2.45, 2.75) is 19.4 Å². The Bertz CT molecular complexity index is 372. The Morgan fingerprint density at radius 3 is 2.62 bits per heavy atom. The molecule has 0 aliphatic rings. The fourth-order valence-electron chi connectivity index (χ4n) is 1.08. The van der Waals surface area contributed by atoms with Crippen LogP contribution in [0.1, 0.15) is 13.3 Å². The van der Waals surface area contributed by atoms with E-state index in [-0.39, 0.29) is 30.6 Å². The fourth-order valence-corrected chi connectivity index (χ4v) is 1.08. The summed E-state index contributed by atoms with van der Waals surface area (Å²) in [5.41, 5.74) is 5.35. The quantitative estimate of drug-likeness (QED) is 0.863. The third-order valence-electron chi connectivity index (χ3n) is 1.71. The Hall–Kier alpha value is -1.20. The average molecular weight is 251 g/mol. The molecule has 6 heteroatoms. The van der Waals surface area contributed by atoms with Gasteiger partial charge in [0.2, 0.25) is 5.91 Å². The van der Waals surface area contributed by atoms with Gasteiger partial charge in [0, 0.05) is 18.5 Å². The molecule has 1 aromatic rings. The zero-order valence-corrected chi connectivity index (χ0v) is 9.48. The number of carbonyl (C=O) groups excluding carboxylic acids is 1. The van der Waals surface area contributed by atoms with Crippen LogP contribution in [-0.4, -0.2) is 11.9 Å². The van der Waals surface area contributed by atoms with Crippen molar-refractivity contribution in [2.75, 3.05) is 5.32 Å². The van der Waals surface area contributed by atoms with Gasteiger partial charge in [-0.2, -0.15) is 0 Å². The highest BCUT2D eigenvalue weighted by molar-refractivity contribution is 5.91. The molecular weight excluding hydrogens is 238 g/mol. The third kappa shape index (κ3) is 4.55. The van der Waals surface area contributed by atoms with Crippen molar-refractivity contribution >= 4 is 24.0 Å². The minimum Gasteiger partial charge on any atom is -0.327 e. The van der Waals surface area contributed by atoms with E-state index in [0.717, 1.165) is 6.07 Å². The summed E-state index contributed by atoms with van der Waals surface area (Å²) in [6.07, 6.45) is 0.0941. The van der Waals surface area contributed by atoms with E-state index in [2.05, 4.69) is 5.32 Å². The van der Waals surface area contributed by atoms with Crippen molar-refractivity contribution in [3.8, 4) is 0 Å². The van der Waals surface area contributed by atoms with Gasteiger partial charge in [-0.25, -0.2) is 8.78 Å². The molecule has 1 amide bonds. The summed E-state index contributed by atoms with van der Waals surface area (Å²) in [4.78, 5) is 11.2. The predicted octanol–water partition coefficient (Wildman–Crippen LogP) is 2.06. The van der Waals surface area contributed by atoms with Gasteiger partial charge in [-0.05, 0) is 19.1 Å². The summed E-state index contributed by atoms with van der Waals surface area (Å²) in [5.74, 6) is -1.87. The van der Waals surface area contributed by atoms with Gasteiger partial charge >= 0.3 is 0 Å². The van der Waals surface area contributed by atoms with Crippen molar-refractivity contribution in [1.29, 1.82) is 0 Å². The summed E-state index contributed by atoms with van der Waals surface area (Å²) < 4.78 is 25.6. The van der Waals surface area contributed by atoms with Crippen LogP contribution in [0.3, 0.4) is 0 Å². The first-order chi connectivity index (χ1) is 6.99. The number of anilines is 1.